The van der Waals surface area contributed by atoms with E-state index >= 15 is 0 Å². The van der Waals surface area contributed by atoms with E-state index < -0.39 is 17.8 Å². The molecule has 0 radical (unpaired) electrons. The Labute approximate surface area is 136 Å². The van der Waals surface area contributed by atoms with Crippen LogP contribution in [0.3, 0.4) is 0 Å². The molecule has 9 heteroatoms. The number of nitrogens with zero attached hydrogens (tertiary/aromatic N) is 3. The summed E-state index contributed by atoms with van der Waals surface area (Å²) < 4.78 is 45.0. The molecule has 0 spiro atoms. The van der Waals surface area contributed by atoms with E-state index in [0.29, 0.717) is 12.3 Å². The fourth-order valence-electron chi connectivity index (χ4n) is 2.20. The number of rotatable bonds is 4. The van der Waals surface area contributed by atoms with Crippen molar-refractivity contribution < 1.29 is 22.7 Å². The largest absolute Gasteiger partial charge is 0.477 e. The number of alkyl halides is 3. The highest BCUT2D eigenvalue weighted by Gasteiger charge is 2.37. The number of carbonyl (C=O) groups excluding carboxylic acids is 1. The Morgan fingerprint density at radius 1 is 1.33 bits per heavy atom. The molecule has 1 N–H and O–H groups in total. The van der Waals surface area contributed by atoms with Crippen LogP contribution in [0, 0.1) is 13.8 Å². The Kier molecular flexibility index (Phi) is 4.81. The van der Waals surface area contributed by atoms with Crippen molar-refractivity contribution in [2.75, 3.05) is 11.9 Å². The van der Waals surface area contributed by atoms with E-state index in [1.807, 2.05) is 0 Å². The topological polar surface area (TPSA) is 69.0 Å². The fraction of sp³-hybridized carbons (Fsp3) is 0.400. The predicted octanol–water partition coefficient (Wildman–Crippen LogP) is 3.10. The van der Waals surface area contributed by atoms with Gasteiger partial charge in [0, 0.05) is 18.3 Å². The number of aryl methyl sites for hydroxylation is 2. The SMILES string of the molecule is CCOc1nc(C)ccc1C(=O)Nc1c(C)c(C(F)(F)F)nn1C. The van der Waals surface area contributed by atoms with E-state index in [0.717, 1.165) is 4.68 Å². The molecule has 2 rings (SSSR count). The lowest BCUT2D eigenvalue weighted by molar-refractivity contribution is -0.141. The Hall–Kier alpha value is -2.58. The van der Waals surface area contributed by atoms with Gasteiger partial charge < -0.3 is 10.1 Å². The Bertz CT molecular complexity index is 769. The third-order valence-corrected chi connectivity index (χ3v) is 3.31. The van der Waals surface area contributed by atoms with Crippen LogP contribution in [0.15, 0.2) is 12.1 Å². The molecule has 0 fully saturated rings. The van der Waals surface area contributed by atoms with Crippen molar-refractivity contribution in [3.63, 3.8) is 0 Å². The van der Waals surface area contributed by atoms with E-state index in [-0.39, 0.29) is 22.8 Å². The van der Waals surface area contributed by atoms with Crippen molar-refractivity contribution in [3.8, 4) is 5.88 Å². The van der Waals surface area contributed by atoms with Crippen LogP contribution in [0.25, 0.3) is 0 Å². The van der Waals surface area contributed by atoms with Gasteiger partial charge in [-0.05, 0) is 32.9 Å². The number of aromatic nitrogens is 3. The number of hydrogen-bond acceptors (Lipinski definition) is 4. The monoisotopic (exact) mass is 342 g/mol. The number of amides is 1. The maximum absolute atomic E-state index is 12.9. The molecular weight excluding hydrogens is 325 g/mol. The maximum atomic E-state index is 12.9. The van der Waals surface area contributed by atoms with Gasteiger partial charge in [-0.15, -0.1) is 0 Å². The van der Waals surface area contributed by atoms with Crippen molar-refractivity contribution in [2.45, 2.75) is 26.9 Å². The van der Waals surface area contributed by atoms with Crippen molar-refractivity contribution in [2.24, 2.45) is 7.05 Å². The minimum absolute atomic E-state index is 0.0321. The first-order chi connectivity index (χ1) is 11.1. The Morgan fingerprint density at radius 3 is 2.54 bits per heavy atom. The normalized spacial score (nSPS) is 11.5. The number of hydrogen-bond donors (Lipinski definition) is 1. The molecule has 1 amide bonds. The molecule has 0 aliphatic rings. The summed E-state index contributed by atoms with van der Waals surface area (Å²) in [7, 11) is 1.33. The molecule has 0 unspecified atom stereocenters. The van der Waals surface area contributed by atoms with Crippen LogP contribution in [0.1, 0.15) is 34.2 Å². The second-order valence-electron chi connectivity index (χ2n) is 5.14. The molecule has 2 heterocycles. The summed E-state index contributed by atoms with van der Waals surface area (Å²) in [5.74, 6) is -0.521. The van der Waals surface area contributed by atoms with Gasteiger partial charge in [-0.2, -0.15) is 18.3 Å². The number of carbonyl (C=O) groups is 1. The number of anilines is 1. The Morgan fingerprint density at radius 2 is 2.00 bits per heavy atom. The molecule has 2 aromatic rings. The van der Waals surface area contributed by atoms with Gasteiger partial charge >= 0.3 is 6.18 Å². The maximum Gasteiger partial charge on any atom is 0.435 e. The first-order valence-corrected chi connectivity index (χ1v) is 7.17. The minimum atomic E-state index is -4.59. The second kappa shape index (κ2) is 6.50. The summed E-state index contributed by atoms with van der Waals surface area (Å²) in [6.45, 7) is 5.04. The predicted molar refractivity (Wildman–Crippen MR) is 81.0 cm³/mol. The highest BCUT2D eigenvalue weighted by Crippen LogP contribution is 2.34. The Balaban J connectivity index is 2.36. The van der Waals surface area contributed by atoms with E-state index in [2.05, 4.69) is 15.4 Å². The van der Waals surface area contributed by atoms with Crippen molar-refractivity contribution in [1.82, 2.24) is 14.8 Å². The third kappa shape index (κ3) is 3.50. The van der Waals surface area contributed by atoms with Gasteiger partial charge in [0.15, 0.2) is 5.69 Å². The zero-order chi connectivity index (χ0) is 18.1. The quantitative estimate of drug-likeness (QED) is 0.927. The van der Waals surface area contributed by atoms with Crippen LogP contribution in [0.2, 0.25) is 0 Å². The number of pyridine rings is 1. The first-order valence-electron chi connectivity index (χ1n) is 7.17. The molecule has 2 aromatic heterocycles. The number of halogens is 3. The van der Waals surface area contributed by atoms with Crippen LogP contribution in [-0.4, -0.2) is 27.3 Å². The standard InChI is InChI=1S/C15H17F3N4O2/c1-5-24-14-10(7-6-8(2)19-14)13(23)20-12-9(3)11(15(16,17)18)21-22(12)4/h6-7H,5H2,1-4H3,(H,20,23). The highest BCUT2D eigenvalue weighted by atomic mass is 19.4. The summed E-state index contributed by atoms with van der Waals surface area (Å²) in [6, 6.07) is 3.13. The first kappa shape index (κ1) is 17.8. The molecule has 0 atom stereocenters. The van der Waals surface area contributed by atoms with E-state index in [4.69, 9.17) is 4.74 Å². The van der Waals surface area contributed by atoms with Gasteiger partial charge in [-0.25, -0.2) is 4.98 Å². The lowest BCUT2D eigenvalue weighted by atomic mass is 10.2. The van der Waals surface area contributed by atoms with Gasteiger partial charge in [0.25, 0.3) is 5.91 Å². The molecule has 0 aliphatic heterocycles. The van der Waals surface area contributed by atoms with E-state index in [9.17, 15) is 18.0 Å². The van der Waals surface area contributed by atoms with Gasteiger partial charge in [-0.3, -0.25) is 9.48 Å². The minimum Gasteiger partial charge on any atom is -0.477 e. The molecular formula is C15H17F3N4O2. The average molecular weight is 342 g/mol. The number of ether oxygens (including phenoxy) is 1. The van der Waals surface area contributed by atoms with Crippen LogP contribution in [0.4, 0.5) is 19.0 Å². The average Bonchev–Trinajstić information content (AvgIpc) is 2.75. The van der Waals surface area contributed by atoms with Crippen LogP contribution < -0.4 is 10.1 Å². The second-order valence-corrected chi connectivity index (χ2v) is 5.14. The van der Waals surface area contributed by atoms with Crippen molar-refractivity contribution in [3.05, 3.63) is 34.6 Å². The molecule has 130 valence electrons. The van der Waals surface area contributed by atoms with Crippen molar-refractivity contribution in [1.29, 1.82) is 0 Å². The summed E-state index contributed by atoms with van der Waals surface area (Å²) in [5, 5.41) is 5.88. The third-order valence-electron chi connectivity index (χ3n) is 3.31. The summed E-state index contributed by atoms with van der Waals surface area (Å²) in [5.41, 5.74) is -0.397. The fourth-order valence-corrected chi connectivity index (χ4v) is 2.20. The van der Waals surface area contributed by atoms with Crippen LogP contribution in [0.5, 0.6) is 5.88 Å². The smallest absolute Gasteiger partial charge is 0.435 e. The summed E-state index contributed by atoms with van der Waals surface area (Å²) in [4.78, 5) is 16.6. The highest BCUT2D eigenvalue weighted by molar-refractivity contribution is 6.05. The molecule has 6 nitrogen and oxygen atoms in total. The zero-order valence-corrected chi connectivity index (χ0v) is 13.7. The van der Waals surface area contributed by atoms with Gasteiger partial charge in [0.2, 0.25) is 5.88 Å². The van der Waals surface area contributed by atoms with Crippen LogP contribution in [-0.2, 0) is 13.2 Å². The van der Waals surface area contributed by atoms with Crippen LogP contribution >= 0.6 is 0 Å². The van der Waals surface area contributed by atoms with Crippen molar-refractivity contribution >= 4 is 11.7 Å². The van der Waals surface area contributed by atoms with E-state index in [1.54, 1.807) is 19.9 Å². The lowest BCUT2D eigenvalue weighted by Gasteiger charge is -2.11. The molecule has 0 saturated heterocycles. The van der Waals surface area contributed by atoms with Gasteiger partial charge in [0.1, 0.15) is 11.4 Å². The number of nitrogens with one attached hydrogen (secondary N) is 1. The molecule has 24 heavy (non-hydrogen) atoms. The summed E-state index contributed by atoms with van der Waals surface area (Å²) in [6.07, 6.45) is -4.59. The lowest BCUT2D eigenvalue weighted by Crippen LogP contribution is -2.17. The zero-order valence-electron chi connectivity index (χ0n) is 13.7. The van der Waals surface area contributed by atoms with E-state index in [1.165, 1.54) is 20.0 Å². The molecule has 0 aliphatic carbocycles. The van der Waals surface area contributed by atoms with Gasteiger partial charge in [-0.1, -0.05) is 0 Å². The summed E-state index contributed by atoms with van der Waals surface area (Å²) >= 11 is 0. The molecule has 0 aromatic carbocycles. The van der Waals surface area contributed by atoms with Gasteiger partial charge in [0.05, 0.1) is 6.61 Å². The molecule has 0 saturated carbocycles. The molecule has 0 bridgehead atoms.